The van der Waals surface area contributed by atoms with E-state index in [0.29, 0.717) is 17.8 Å². The lowest BCUT2D eigenvalue weighted by molar-refractivity contribution is -0.144. The Morgan fingerprint density at radius 3 is 2.09 bits per heavy atom. The fourth-order valence-corrected chi connectivity index (χ4v) is 7.41. The van der Waals surface area contributed by atoms with Crippen molar-refractivity contribution in [2.24, 2.45) is 5.41 Å². The van der Waals surface area contributed by atoms with E-state index in [1.165, 1.54) is 4.90 Å². The molecule has 0 bridgehead atoms. The molecule has 6 N–H and O–H groups in total. The highest BCUT2D eigenvalue weighted by Gasteiger charge is 2.44. The number of carbonyl (C=O) groups excluding carboxylic acids is 5. The lowest BCUT2D eigenvalue weighted by Crippen LogP contribution is -2.57. The van der Waals surface area contributed by atoms with Crippen LogP contribution < -0.4 is 26.8 Å². The number of amides is 5. The van der Waals surface area contributed by atoms with Gasteiger partial charge in [0, 0.05) is 43.6 Å². The van der Waals surface area contributed by atoms with Crippen LogP contribution in [0.25, 0.3) is 21.6 Å². The topological polar surface area (TPSA) is 182 Å². The number of nitrogens with one attached hydrogen (secondary N) is 5. The monoisotopic (exact) mass is 795 g/mol. The molecule has 4 atom stereocenters. The van der Waals surface area contributed by atoms with Gasteiger partial charge in [-0.15, -0.1) is 11.3 Å². The predicted octanol–water partition coefficient (Wildman–Crippen LogP) is 5.52. The summed E-state index contributed by atoms with van der Waals surface area (Å²) in [5.41, 5.74) is 12.4. The van der Waals surface area contributed by atoms with Crippen molar-refractivity contribution >= 4 is 46.6 Å². The number of hydrazine groups is 1. The number of likely N-dealkylation sites (tertiary alicyclic amines) is 1. The normalized spacial score (nSPS) is 16.4. The minimum absolute atomic E-state index is 0.0445. The zero-order valence-corrected chi connectivity index (χ0v) is 34.2. The second-order valence-electron chi connectivity index (χ2n) is 15.5. The Labute approximate surface area is 338 Å². The number of anilines is 1. The van der Waals surface area contributed by atoms with Gasteiger partial charge in [0.25, 0.3) is 5.91 Å². The van der Waals surface area contributed by atoms with Gasteiger partial charge in [0.05, 0.1) is 28.2 Å². The molecule has 302 valence electrons. The average molecular weight is 796 g/mol. The van der Waals surface area contributed by atoms with Crippen LogP contribution in [-0.4, -0.2) is 75.8 Å². The van der Waals surface area contributed by atoms with Crippen LogP contribution >= 0.6 is 11.3 Å². The summed E-state index contributed by atoms with van der Waals surface area (Å²) in [5, 5.41) is 19.2. The van der Waals surface area contributed by atoms with Crippen LogP contribution in [0.3, 0.4) is 0 Å². The lowest BCUT2D eigenvalue weighted by Gasteiger charge is -2.35. The molecule has 0 spiro atoms. The summed E-state index contributed by atoms with van der Waals surface area (Å²) in [7, 11) is 0. The van der Waals surface area contributed by atoms with E-state index in [9.17, 15) is 29.1 Å². The number of rotatable bonds is 15. The Morgan fingerprint density at radius 1 is 0.877 bits per heavy atom. The summed E-state index contributed by atoms with van der Waals surface area (Å²) in [6.07, 6.45) is -0.215. The summed E-state index contributed by atoms with van der Waals surface area (Å²) in [5.74, 6) is -1.94. The van der Waals surface area contributed by atoms with Gasteiger partial charge in [-0.2, -0.15) is 0 Å². The zero-order valence-electron chi connectivity index (χ0n) is 33.3. The lowest BCUT2D eigenvalue weighted by atomic mass is 9.85. The number of aliphatic hydroxyl groups is 1. The second-order valence-corrected chi connectivity index (χ2v) is 16.3. The number of nitrogens with zero attached hydrogens (tertiary/aromatic N) is 2. The summed E-state index contributed by atoms with van der Waals surface area (Å²) >= 11 is 1.57. The third-order valence-electron chi connectivity index (χ3n) is 9.87. The molecule has 5 amide bonds. The van der Waals surface area contributed by atoms with E-state index in [4.69, 9.17) is 0 Å². The quantitative estimate of drug-likeness (QED) is 0.0672. The molecule has 3 aromatic carbocycles. The fourth-order valence-electron chi connectivity index (χ4n) is 6.60. The molecule has 1 saturated heterocycles. The maximum atomic E-state index is 14.0. The molecular formula is C43H53N7O6S. The molecule has 14 heteroatoms. The number of aromatic nitrogens is 1. The molecular weight excluding hydrogens is 743 g/mol. The Morgan fingerprint density at radius 2 is 1.49 bits per heavy atom. The molecule has 5 rings (SSSR count). The summed E-state index contributed by atoms with van der Waals surface area (Å²) < 4.78 is 0. The largest absolute Gasteiger partial charge is 0.391 e. The number of hydrogen-bond donors (Lipinski definition) is 6. The Kier molecular flexibility index (Phi) is 14.3. The Bertz CT molecular complexity index is 2030. The number of aliphatic hydroxyl groups excluding tert-OH is 1. The number of aryl methyl sites for hydroxylation is 1. The van der Waals surface area contributed by atoms with Crippen molar-refractivity contribution in [2.75, 3.05) is 18.4 Å². The van der Waals surface area contributed by atoms with Gasteiger partial charge in [0.2, 0.25) is 23.6 Å². The van der Waals surface area contributed by atoms with Crippen LogP contribution in [-0.2, 0) is 19.2 Å². The molecule has 1 aromatic heterocycles. The summed E-state index contributed by atoms with van der Waals surface area (Å²) in [6.45, 7) is 11.9. The molecule has 1 aliphatic rings. The van der Waals surface area contributed by atoms with Crippen LogP contribution in [0.15, 0.2) is 78.3 Å². The highest BCUT2D eigenvalue weighted by atomic mass is 32.1. The van der Waals surface area contributed by atoms with Gasteiger partial charge < -0.3 is 26.0 Å². The highest BCUT2D eigenvalue weighted by molar-refractivity contribution is 7.13. The molecule has 13 nitrogen and oxygen atoms in total. The van der Waals surface area contributed by atoms with E-state index < -0.39 is 41.3 Å². The minimum Gasteiger partial charge on any atom is -0.391 e. The van der Waals surface area contributed by atoms with Gasteiger partial charge in [-0.1, -0.05) is 76.2 Å². The number of benzene rings is 3. The fraction of sp³-hybridized carbons (Fsp3) is 0.395. The van der Waals surface area contributed by atoms with Crippen molar-refractivity contribution < 1.29 is 29.1 Å². The van der Waals surface area contributed by atoms with E-state index >= 15 is 0 Å². The van der Waals surface area contributed by atoms with E-state index in [-0.39, 0.29) is 43.7 Å². The van der Waals surface area contributed by atoms with Crippen molar-refractivity contribution in [3.8, 4) is 21.6 Å². The second kappa shape index (κ2) is 19.1. The van der Waals surface area contributed by atoms with Crippen molar-refractivity contribution in [1.82, 2.24) is 31.4 Å². The zero-order chi connectivity index (χ0) is 41.3. The van der Waals surface area contributed by atoms with Crippen LogP contribution in [0.5, 0.6) is 0 Å². The van der Waals surface area contributed by atoms with Gasteiger partial charge in [-0.3, -0.25) is 29.4 Å². The Balaban J connectivity index is 1.13. The standard InChI is InChI=1S/C43H53N7O6S/c1-7-22-45-49-40(54)32-14-10-29(11-15-32)30-16-18-33(19-17-30)47-36(52)20-21-37(53)48-39(43(4,5)6)42(56)50-24-34(51)23-35(50)41(55)46-26(2)28-8-12-31(13-9-28)38-27(3)44-25-57-38/h8-19,25-26,34-35,39,45,51H,7,20-24H2,1-6H3,(H,46,55)(H,47,52)(H,48,53)(H,49,54)/t26-,34+,35-,39?/m0/s1. The smallest absolute Gasteiger partial charge is 0.265 e. The molecule has 1 unspecified atom stereocenters. The molecule has 2 heterocycles. The average Bonchev–Trinajstić information content (AvgIpc) is 3.81. The van der Waals surface area contributed by atoms with E-state index in [1.807, 2.05) is 95.6 Å². The maximum absolute atomic E-state index is 14.0. The number of β-amino-alcohol motifs (C(OH)–C–C–N with tert-alkyl or cyclic N) is 1. The first-order valence-electron chi connectivity index (χ1n) is 19.3. The molecule has 4 aromatic rings. The molecule has 1 aliphatic heterocycles. The van der Waals surface area contributed by atoms with Crippen molar-refractivity contribution in [3.05, 3.63) is 95.1 Å². The van der Waals surface area contributed by atoms with E-state index in [2.05, 4.69) is 31.8 Å². The predicted molar refractivity (Wildman–Crippen MR) is 222 cm³/mol. The first-order chi connectivity index (χ1) is 27.1. The van der Waals surface area contributed by atoms with Crippen LogP contribution in [0.4, 0.5) is 5.69 Å². The van der Waals surface area contributed by atoms with Crippen LogP contribution in [0.2, 0.25) is 0 Å². The highest BCUT2D eigenvalue weighted by Crippen LogP contribution is 2.30. The van der Waals surface area contributed by atoms with Crippen LogP contribution in [0, 0.1) is 12.3 Å². The van der Waals surface area contributed by atoms with Gasteiger partial charge in [0.1, 0.15) is 12.1 Å². The van der Waals surface area contributed by atoms with E-state index in [1.54, 1.807) is 35.6 Å². The van der Waals surface area contributed by atoms with Crippen LogP contribution in [0.1, 0.15) is 88.0 Å². The van der Waals surface area contributed by atoms with Gasteiger partial charge in [-0.05, 0) is 72.2 Å². The molecule has 1 fully saturated rings. The molecule has 0 aliphatic carbocycles. The van der Waals surface area contributed by atoms with Crippen molar-refractivity contribution in [3.63, 3.8) is 0 Å². The van der Waals surface area contributed by atoms with Crippen molar-refractivity contribution in [1.29, 1.82) is 0 Å². The number of hydrogen-bond acceptors (Lipinski definition) is 9. The van der Waals surface area contributed by atoms with Gasteiger partial charge in [-0.25, -0.2) is 10.4 Å². The first-order valence-corrected chi connectivity index (χ1v) is 20.1. The minimum atomic E-state index is -1.01. The van der Waals surface area contributed by atoms with E-state index in [0.717, 1.165) is 39.2 Å². The van der Waals surface area contributed by atoms with Gasteiger partial charge in [0.15, 0.2) is 0 Å². The van der Waals surface area contributed by atoms with Crippen molar-refractivity contribution in [2.45, 2.75) is 91.5 Å². The molecule has 57 heavy (non-hydrogen) atoms. The SMILES string of the molecule is CCCNNC(=O)c1ccc(-c2ccc(NC(=O)CCC(=O)NC(C(=O)N3C[C@H](O)C[C@H]3C(=O)N[C@@H](C)c3ccc(-c4scnc4C)cc3)C(C)(C)C)cc2)cc1. The Hall–Kier alpha value is -5.44. The first kappa shape index (κ1) is 42.7. The third kappa shape index (κ3) is 11.3. The third-order valence-corrected chi connectivity index (χ3v) is 10.8. The molecule has 0 saturated carbocycles. The number of carbonyl (C=O) groups is 5. The number of thiazole rings is 1. The maximum Gasteiger partial charge on any atom is 0.265 e. The summed E-state index contributed by atoms with van der Waals surface area (Å²) in [4.78, 5) is 72.7. The van der Waals surface area contributed by atoms with Gasteiger partial charge >= 0.3 is 0 Å². The molecule has 0 radical (unpaired) electrons. The summed E-state index contributed by atoms with van der Waals surface area (Å²) in [6, 6.07) is 20.0.